The van der Waals surface area contributed by atoms with Crippen molar-refractivity contribution in [2.75, 3.05) is 17.7 Å². The zero-order valence-electron chi connectivity index (χ0n) is 18.4. The summed E-state index contributed by atoms with van der Waals surface area (Å²) in [5.74, 6) is 1.92. The monoisotopic (exact) mass is 432 g/mol. The minimum Gasteiger partial charge on any atom is -0.494 e. The number of rotatable bonds is 6. The van der Waals surface area contributed by atoms with E-state index in [2.05, 4.69) is 35.9 Å². The first-order chi connectivity index (χ1) is 15.4. The Labute approximate surface area is 184 Å². The van der Waals surface area contributed by atoms with Gasteiger partial charge in [0.1, 0.15) is 22.9 Å². The van der Waals surface area contributed by atoms with E-state index in [1.165, 1.54) is 0 Å². The molecule has 1 aromatic carbocycles. The number of para-hydroxylation sites is 1. The van der Waals surface area contributed by atoms with Crippen LogP contribution in [0.5, 0.6) is 5.75 Å². The number of H-pyrrole nitrogens is 1. The van der Waals surface area contributed by atoms with E-state index in [0.717, 1.165) is 41.3 Å². The van der Waals surface area contributed by atoms with Gasteiger partial charge in [-0.05, 0) is 38.8 Å². The minimum atomic E-state index is -0.00302. The van der Waals surface area contributed by atoms with Gasteiger partial charge in [0, 0.05) is 24.6 Å². The zero-order valence-corrected chi connectivity index (χ0v) is 18.4. The Morgan fingerprint density at radius 2 is 2.03 bits per heavy atom. The second-order valence-corrected chi connectivity index (χ2v) is 8.00. The van der Waals surface area contributed by atoms with Crippen LogP contribution in [0.4, 0.5) is 17.2 Å². The van der Waals surface area contributed by atoms with Crippen molar-refractivity contribution in [3.63, 3.8) is 0 Å². The molecule has 32 heavy (non-hydrogen) atoms. The largest absolute Gasteiger partial charge is 0.494 e. The third kappa shape index (κ3) is 3.53. The van der Waals surface area contributed by atoms with Crippen molar-refractivity contribution in [3.05, 3.63) is 35.8 Å². The third-order valence-corrected chi connectivity index (χ3v) is 5.62. The maximum atomic E-state index is 12.3. The maximum Gasteiger partial charge on any atom is 0.228 e. The number of nitrogens with one attached hydrogen (secondary N) is 3. The number of carbonyl (C=O) groups excluding carboxylic acids is 1. The molecule has 0 atom stereocenters. The Balaban J connectivity index is 1.57. The summed E-state index contributed by atoms with van der Waals surface area (Å²) in [5, 5.41) is 14.7. The van der Waals surface area contributed by atoms with Gasteiger partial charge >= 0.3 is 0 Å². The second-order valence-electron chi connectivity index (χ2n) is 8.00. The second kappa shape index (κ2) is 7.63. The van der Waals surface area contributed by atoms with Gasteiger partial charge in [-0.1, -0.05) is 11.3 Å². The fourth-order valence-corrected chi connectivity index (χ4v) is 3.68. The first kappa shape index (κ1) is 20.0. The molecule has 0 spiro atoms. The van der Waals surface area contributed by atoms with Crippen LogP contribution in [0.3, 0.4) is 0 Å². The molecule has 0 bridgehead atoms. The van der Waals surface area contributed by atoms with Crippen molar-refractivity contribution in [3.8, 4) is 17.0 Å². The number of aryl methyl sites for hydroxylation is 2. The molecule has 10 nitrogen and oxygen atoms in total. The predicted octanol–water partition coefficient (Wildman–Crippen LogP) is 3.47. The fraction of sp³-hybridized carbons (Fsp3) is 0.318. The Kier molecular flexibility index (Phi) is 4.76. The third-order valence-electron chi connectivity index (χ3n) is 5.62. The van der Waals surface area contributed by atoms with Crippen LogP contribution in [0.25, 0.3) is 22.4 Å². The van der Waals surface area contributed by atoms with Crippen LogP contribution in [-0.2, 0) is 11.8 Å². The summed E-state index contributed by atoms with van der Waals surface area (Å²) in [5.41, 5.74) is 5.22. The summed E-state index contributed by atoms with van der Waals surface area (Å²) in [6, 6.07) is 7.59. The van der Waals surface area contributed by atoms with Gasteiger partial charge in [-0.15, -0.1) is 5.10 Å². The molecule has 3 aromatic heterocycles. The highest BCUT2D eigenvalue weighted by atomic mass is 16.5. The molecule has 1 saturated carbocycles. The number of methoxy groups -OCH3 is 1. The predicted molar refractivity (Wildman–Crippen MR) is 121 cm³/mol. The normalized spacial score (nSPS) is 13.4. The fourth-order valence-electron chi connectivity index (χ4n) is 3.68. The summed E-state index contributed by atoms with van der Waals surface area (Å²) in [6.45, 7) is 3.83. The topological polar surface area (TPSA) is 123 Å². The number of fused-ring (bicyclic) bond motifs is 1. The van der Waals surface area contributed by atoms with Crippen LogP contribution in [0.2, 0.25) is 0 Å². The van der Waals surface area contributed by atoms with Crippen molar-refractivity contribution in [1.29, 1.82) is 0 Å². The number of aromatic nitrogens is 6. The summed E-state index contributed by atoms with van der Waals surface area (Å²) < 4.78 is 7.49. The molecule has 4 aromatic rings. The van der Waals surface area contributed by atoms with Crippen LogP contribution in [0.1, 0.15) is 24.4 Å². The van der Waals surface area contributed by atoms with Crippen molar-refractivity contribution in [2.24, 2.45) is 13.0 Å². The zero-order chi connectivity index (χ0) is 22.4. The van der Waals surface area contributed by atoms with Crippen molar-refractivity contribution in [1.82, 2.24) is 29.9 Å². The highest BCUT2D eigenvalue weighted by Crippen LogP contribution is 2.39. The SMILES string of the molecule is COc1c(Nc2cc(NC(=O)C3CC3)nc3[nH]c(C)nc23)cccc1-c1nnn(C)c1C. The summed E-state index contributed by atoms with van der Waals surface area (Å²) in [7, 11) is 3.48. The van der Waals surface area contributed by atoms with Crippen LogP contribution >= 0.6 is 0 Å². The smallest absolute Gasteiger partial charge is 0.228 e. The van der Waals surface area contributed by atoms with E-state index >= 15 is 0 Å². The molecule has 1 amide bonds. The van der Waals surface area contributed by atoms with Gasteiger partial charge < -0.3 is 20.4 Å². The van der Waals surface area contributed by atoms with E-state index in [-0.39, 0.29) is 11.8 Å². The Bertz CT molecular complexity index is 1340. The number of aromatic amines is 1. The Morgan fingerprint density at radius 3 is 2.72 bits per heavy atom. The molecular formula is C22H24N8O2. The number of carbonyl (C=O) groups is 1. The van der Waals surface area contributed by atoms with E-state index in [9.17, 15) is 4.79 Å². The van der Waals surface area contributed by atoms with Gasteiger partial charge in [0.15, 0.2) is 11.4 Å². The van der Waals surface area contributed by atoms with Gasteiger partial charge in [0.05, 0.1) is 24.2 Å². The molecule has 3 N–H and O–H groups in total. The molecule has 1 aliphatic rings. The van der Waals surface area contributed by atoms with E-state index in [1.54, 1.807) is 17.9 Å². The van der Waals surface area contributed by atoms with Gasteiger partial charge in [-0.2, -0.15) is 0 Å². The molecule has 5 rings (SSSR count). The van der Waals surface area contributed by atoms with E-state index in [0.29, 0.717) is 28.4 Å². The summed E-state index contributed by atoms with van der Waals surface area (Å²) in [6.07, 6.45) is 1.85. The standard InChI is InChI=1S/C22H24N8O2/c1-11-18(28-29-30(11)3)14-6-5-7-15(20(14)32-4)25-16-10-17(27-22(31)13-8-9-13)26-21-19(16)23-12(2)24-21/h5-7,10,13H,8-9H2,1-4H3,(H3,23,24,25,26,27,31). The number of hydrogen-bond acceptors (Lipinski definition) is 7. The number of ether oxygens (including phenoxy) is 1. The number of anilines is 3. The first-order valence-electron chi connectivity index (χ1n) is 10.4. The van der Waals surface area contributed by atoms with Crippen LogP contribution in [-0.4, -0.2) is 43.0 Å². The first-order valence-corrected chi connectivity index (χ1v) is 10.4. The van der Waals surface area contributed by atoms with Crippen molar-refractivity contribution < 1.29 is 9.53 Å². The molecule has 1 fully saturated rings. The van der Waals surface area contributed by atoms with Crippen molar-refractivity contribution >= 4 is 34.3 Å². The maximum absolute atomic E-state index is 12.3. The lowest BCUT2D eigenvalue weighted by Gasteiger charge is -2.15. The molecule has 0 aliphatic heterocycles. The molecule has 0 saturated heterocycles. The van der Waals surface area contributed by atoms with Gasteiger partial charge in [0.2, 0.25) is 5.91 Å². The molecule has 1 aliphatic carbocycles. The molecule has 10 heteroatoms. The van der Waals surface area contributed by atoms with Crippen LogP contribution < -0.4 is 15.4 Å². The van der Waals surface area contributed by atoms with Crippen molar-refractivity contribution in [2.45, 2.75) is 26.7 Å². The van der Waals surface area contributed by atoms with E-state index in [1.807, 2.05) is 39.1 Å². The van der Waals surface area contributed by atoms with Crippen LogP contribution in [0, 0.1) is 19.8 Å². The van der Waals surface area contributed by atoms with E-state index < -0.39 is 0 Å². The number of imidazole rings is 1. The number of benzene rings is 1. The number of hydrogen-bond donors (Lipinski definition) is 3. The molecule has 0 radical (unpaired) electrons. The average molecular weight is 432 g/mol. The Morgan fingerprint density at radius 1 is 1.22 bits per heavy atom. The lowest BCUT2D eigenvalue weighted by atomic mass is 10.1. The molecular weight excluding hydrogens is 408 g/mol. The lowest BCUT2D eigenvalue weighted by molar-refractivity contribution is -0.117. The average Bonchev–Trinajstić information content (AvgIpc) is 3.48. The molecule has 0 unspecified atom stereocenters. The summed E-state index contributed by atoms with van der Waals surface area (Å²) in [4.78, 5) is 24.5. The molecule has 164 valence electrons. The summed E-state index contributed by atoms with van der Waals surface area (Å²) >= 11 is 0. The number of pyridine rings is 1. The lowest BCUT2D eigenvalue weighted by Crippen LogP contribution is -2.14. The number of amides is 1. The molecule has 3 heterocycles. The quantitative estimate of drug-likeness (QED) is 0.426. The van der Waals surface area contributed by atoms with Gasteiger partial charge in [-0.25, -0.2) is 9.97 Å². The highest BCUT2D eigenvalue weighted by Gasteiger charge is 2.30. The van der Waals surface area contributed by atoms with Gasteiger partial charge in [-0.3, -0.25) is 9.48 Å². The Hall–Kier alpha value is -3.95. The highest BCUT2D eigenvalue weighted by molar-refractivity contribution is 5.97. The minimum absolute atomic E-state index is 0.00302. The number of nitrogens with zero attached hydrogens (tertiary/aromatic N) is 5. The van der Waals surface area contributed by atoms with E-state index in [4.69, 9.17) is 4.74 Å². The van der Waals surface area contributed by atoms with Crippen LogP contribution in [0.15, 0.2) is 24.3 Å². The van der Waals surface area contributed by atoms with Gasteiger partial charge in [0.25, 0.3) is 0 Å².